The maximum Gasteiger partial charge on any atom is 0.264 e. The Balaban J connectivity index is 1.58. The van der Waals surface area contributed by atoms with Crippen LogP contribution in [-0.4, -0.2) is 39.8 Å². The van der Waals surface area contributed by atoms with Gasteiger partial charge in [0.25, 0.3) is 15.9 Å². The molecule has 1 aliphatic heterocycles. The Morgan fingerprint density at radius 2 is 1.53 bits per heavy atom. The van der Waals surface area contributed by atoms with Crippen molar-refractivity contribution in [2.24, 2.45) is 5.10 Å². The Labute approximate surface area is 211 Å². The number of hydrogen-bond acceptors (Lipinski definition) is 6. The Hall–Kier alpha value is -3.85. The van der Waals surface area contributed by atoms with Gasteiger partial charge in [-0.3, -0.25) is 9.10 Å². The van der Waals surface area contributed by atoms with E-state index in [0.29, 0.717) is 36.1 Å². The molecule has 0 aliphatic carbocycles. The summed E-state index contributed by atoms with van der Waals surface area (Å²) in [4.78, 5) is 13.0. The van der Waals surface area contributed by atoms with E-state index in [0.717, 1.165) is 26.6 Å². The zero-order valence-corrected chi connectivity index (χ0v) is 21.6. The van der Waals surface area contributed by atoms with E-state index in [9.17, 15) is 13.2 Å². The van der Waals surface area contributed by atoms with E-state index < -0.39 is 22.5 Å². The van der Waals surface area contributed by atoms with E-state index in [2.05, 4.69) is 10.5 Å². The van der Waals surface area contributed by atoms with Crippen LogP contribution in [0.2, 0.25) is 0 Å². The van der Waals surface area contributed by atoms with Crippen LogP contribution in [0.5, 0.6) is 11.5 Å². The van der Waals surface area contributed by atoms with Gasteiger partial charge in [0, 0.05) is 5.56 Å². The summed E-state index contributed by atoms with van der Waals surface area (Å²) in [5.74, 6) is 0.707. The molecule has 3 aromatic rings. The number of nitrogens with one attached hydrogen (secondary N) is 1. The van der Waals surface area contributed by atoms with Gasteiger partial charge in [0.15, 0.2) is 11.5 Å². The van der Waals surface area contributed by atoms with E-state index in [4.69, 9.17) is 9.47 Å². The third-order valence-electron chi connectivity index (χ3n) is 5.70. The monoisotopic (exact) mass is 507 g/mol. The second-order valence-corrected chi connectivity index (χ2v) is 10.6. The predicted octanol–water partition coefficient (Wildman–Crippen LogP) is 4.12. The summed E-state index contributed by atoms with van der Waals surface area (Å²) in [6.07, 6.45) is 0. The quantitative estimate of drug-likeness (QED) is 0.383. The predicted molar refractivity (Wildman–Crippen MR) is 139 cm³/mol. The largest absolute Gasteiger partial charge is 0.486 e. The summed E-state index contributed by atoms with van der Waals surface area (Å²) < 4.78 is 39.4. The molecule has 0 saturated heterocycles. The van der Waals surface area contributed by atoms with Crippen molar-refractivity contribution in [3.63, 3.8) is 0 Å². The molecule has 0 radical (unpaired) electrons. The molecule has 1 N–H and O–H groups in total. The Morgan fingerprint density at radius 3 is 2.19 bits per heavy atom. The number of fused-ring (bicyclic) bond motifs is 1. The molecule has 1 heterocycles. The number of rotatable bonds is 7. The molecule has 0 fully saturated rings. The molecule has 1 aliphatic rings. The zero-order valence-electron chi connectivity index (χ0n) is 20.7. The van der Waals surface area contributed by atoms with Crippen LogP contribution in [-0.2, 0) is 14.8 Å². The van der Waals surface area contributed by atoms with Gasteiger partial charge in [0.05, 0.1) is 16.3 Å². The highest BCUT2D eigenvalue weighted by molar-refractivity contribution is 7.92. The topological polar surface area (TPSA) is 97.3 Å². The van der Waals surface area contributed by atoms with Gasteiger partial charge in [-0.25, -0.2) is 13.8 Å². The number of sulfonamides is 1. The molecule has 0 unspecified atom stereocenters. The van der Waals surface area contributed by atoms with Crippen molar-refractivity contribution < 1.29 is 22.7 Å². The molecule has 36 heavy (non-hydrogen) atoms. The van der Waals surface area contributed by atoms with Crippen LogP contribution in [0, 0.1) is 20.8 Å². The minimum absolute atomic E-state index is 0.107. The molecule has 0 spiro atoms. The van der Waals surface area contributed by atoms with Gasteiger partial charge in [0.2, 0.25) is 0 Å². The number of hydrogen-bond donors (Lipinski definition) is 1. The van der Waals surface area contributed by atoms with E-state index in [1.165, 1.54) is 0 Å². The molecular formula is C27H29N3O5S. The lowest BCUT2D eigenvalue weighted by atomic mass is 10.1. The third kappa shape index (κ3) is 5.68. The molecule has 0 atom stereocenters. The van der Waals surface area contributed by atoms with Crippen LogP contribution in [0.1, 0.15) is 29.2 Å². The number of hydrazone groups is 1. The number of amides is 1. The summed E-state index contributed by atoms with van der Waals surface area (Å²) in [7, 11) is -4.01. The molecular weight excluding hydrogens is 478 g/mol. The van der Waals surface area contributed by atoms with Gasteiger partial charge in [-0.2, -0.15) is 5.10 Å². The molecule has 0 bridgehead atoms. The summed E-state index contributed by atoms with van der Waals surface area (Å²) in [5, 5.41) is 4.19. The van der Waals surface area contributed by atoms with Gasteiger partial charge >= 0.3 is 0 Å². The maximum absolute atomic E-state index is 13.6. The molecule has 8 nitrogen and oxygen atoms in total. The SMILES string of the molecule is C/C(=N/NC(=O)CN(c1cc(C)cc(C)c1)S(=O)(=O)c1ccc(C)cc1)c1ccc2c(c1)OCCO2. The average molecular weight is 508 g/mol. The second-order valence-electron chi connectivity index (χ2n) is 8.76. The van der Waals surface area contributed by atoms with E-state index in [-0.39, 0.29) is 4.90 Å². The summed E-state index contributed by atoms with van der Waals surface area (Å²) in [6.45, 7) is 7.93. The van der Waals surface area contributed by atoms with Crippen LogP contribution in [0.3, 0.4) is 0 Å². The molecule has 4 rings (SSSR count). The van der Waals surface area contributed by atoms with Gasteiger partial charge in [0.1, 0.15) is 19.8 Å². The maximum atomic E-state index is 13.6. The average Bonchev–Trinajstić information content (AvgIpc) is 2.85. The van der Waals surface area contributed by atoms with Crippen LogP contribution >= 0.6 is 0 Å². The fourth-order valence-electron chi connectivity index (χ4n) is 3.89. The number of carbonyl (C=O) groups excluding carboxylic acids is 1. The number of carbonyl (C=O) groups is 1. The first-order chi connectivity index (χ1) is 17.1. The van der Waals surface area contributed by atoms with Crippen molar-refractivity contribution in [3.05, 3.63) is 82.9 Å². The summed E-state index contributed by atoms with van der Waals surface area (Å²) in [6, 6.07) is 17.4. The number of nitrogens with zero attached hydrogens (tertiary/aromatic N) is 2. The molecule has 0 saturated carbocycles. The fraction of sp³-hybridized carbons (Fsp3) is 0.259. The van der Waals surface area contributed by atoms with Gasteiger partial charge in [-0.05, 0) is 81.3 Å². The Bertz CT molecular complexity index is 1400. The first kappa shape index (κ1) is 25.2. The molecule has 0 aromatic heterocycles. The summed E-state index contributed by atoms with van der Waals surface area (Å²) in [5.41, 5.74) is 6.92. The van der Waals surface area contributed by atoms with Crippen LogP contribution < -0.4 is 19.2 Å². The van der Waals surface area contributed by atoms with Crippen molar-refractivity contribution in [2.75, 3.05) is 24.1 Å². The number of aryl methyl sites for hydroxylation is 3. The van der Waals surface area contributed by atoms with Gasteiger partial charge in [-0.1, -0.05) is 23.8 Å². The molecule has 9 heteroatoms. The van der Waals surface area contributed by atoms with Crippen molar-refractivity contribution in [1.82, 2.24) is 5.43 Å². The third-order valence-corrected chi connectivity index (χ3v) is 7.49. The zero-order chi connectivity index (χ0) is 25.9. The first-order valence-electron chi connectivity index (χ1n) is 11.5. The molecule has 3 aromatic carbocycles. The van der Waals surface area contributed by atoms with Crippen LogP contribution in [0.15, 0.2) is 70.7 Å². The van der Waals surface area contributed by atoms with Crippen molar-refractivity contribution in [3.8, 4) is 11.5 Å². The lowest BCUT2D eigenvalue weighted by Crippen LogP contribution is -2.39. The van der Waals surface area contributed by atoms with Crippen LogP contribution in [0.25, 0.3) is 0 Å². The van der Waals surface area contributed by atoms with Gasteiger partial charge < -0.3 is 9.47 Å². The molecule has 1 amide bonds. The van der Waals surface area contributed by atoms with Crippen molar-refractivity contribution in [1.29, 1.82) is 0 Å². The van der Waals surface area contributed by atoms with Crippen molar-refractivity contribution in [2.45, 2.75) is 32.6 Å². The number of benzene rings is 3. The normalized spacial score (nSPS) is 13.3. The lowest BCUT2D eigenvalue weighted by Gasteiger charge is -2.24. The summed E-state index contributed by atoms with van der Waals surface area (Å²) >= 11 is 0. The van der Waals surface area contributed by atoms with Crippen molar-refractivity contribution >= 4 is 27.3 Å². The van der Waals surface area contributed by atoms with Crippen LogP contribution in [0.4, 0.5) is 5.69 Å². The second kappa shape index (κ2) is 10.4. The number of ether oxygens (including phenoxy) is 2. The van der Waals surface area contributed by atoms with E-state index >= 15 is 0 Å². The highest BCUT2D eigenvalue weighted by atomic mass is 32.2. The minimum atomic E-state index is -4.01. The Morgan fingerprint density at radius 1 is 0.889 bits per heavy atom. The Kier molecular flexibility index (Phi) is 7.30. The fourth-order valence-corrected chi connectivity index (χ4v) is 5.30. The minimum Gasteiger partial charge on any atom is -0.486 e. The highest BCUT2D eigenvalue weighted by Crippen LogP contribution is 2.31. The lowest BCUT2D eigenvalue weighted by molar-refractivity contribution is -0.119. The highest BCUT2D eigenvalue weighted by Gasteiger charge is 2.27. The number of anilines is 1. The first-order valence-corrected chi connectivity index (χ1v) is 13.0. The van der Waals surface area contributed by atoms with E-state index in [1.807, 2.05) is 32.9 Å². The smallest absolute Gasteiger partial charge is 0.264 e. The van der Waals surface area contributed by atoms with E-state index in [1.54, 1.807) is 55.5 Å². The standard InChI is InChI=1S/C27H29N3O5S/c1-18-5-8-24(9-6-18)36(32,33)30(23-14-19(2)13-20(3)15-23)17-27(31)29-28-21(4)22-7-10-25-26(16-22)35-12-11-34-25/h5-10,13-16H,11-12,17H2,1-4H3,(H,29,31)/b28-21-. The molecule has 188 valence electrons. The van der Waals surface area contributed by atoms with Gasteiger partial charge in [-0.15, -0.1) is 0 Å².